The van der Waals surface area contributed by atoms with Gasteiger partial charge in [-0.25, -0.2) is 0 Å². The van der Waals surface area contributed by atoms with Gasteiger partial charge in [0.2, 0.25) is 5.91 Å². The Balaban J connectivity index is 1.33. The highest BCUT2D eigenvalue weighted by Crippen LogP contribution is 2.17. The predicted molar refractivity (Wildman–Crippen MR) is 126 cm³/mol. The van der Waals surface area contributed by atoms with Crippen LogP contribution < -0.4 is 15.4 Å². The highest BCUT2D eigenvalue weighted by molar-refractivity contribution is 6.31. The third kappa shape index (κ3) is 7.89. The van der Waals surface area contributed by atoms with Crippen molar-refractivity contribution in [2.75, 3.05) is 25.0 Å². The Labute approximate surface area is 192 Å². The Morgan fingerprint density at radius 3 is 2.44 bits per heavy atom. The van der Waals surface area contributed by atoms with E-state index in [1.54, 1.807) is 18.2 Å². The van der Waals surface area contributed by atoms with Crippen LogP contribution in [0.4, 0.5) is 5.69 Å². The van der Waals surface area contributed by atoms with E-state index < -0.39 is 6.10 Å². The van der Waals surface area contributed by atoms with E-state index in [-0.39, 0.29) is 24.7 Å². The quantitative estimate of drug-likeness (QED) is 0.331. The first-order chi connectivity index (χ1) is 15.5. The topological polar surface area (TPSA) is 90.8 Å². The Bertz CT molecular complexity index is 994. The zero-order valence-electron chi connectivity index (χ0n) is 17.6. The van der Waals surface area contributed by atoms with Crippen molar-refractivity contribution < 1.29 is 19.7 Å². The van der Waals surface area contributed by atoms with Gasteiger partial charge in [0.1, 0.15) is 24.2 Å². The van der Waals surface area contributed by atoms with Crippen LogP contribution in [0.3, 0.4) is 0 Å². The summed E-state index contributed by atoms with van der Waals surface area (Å²) in [5, 5.41) is 25.9. The molecule has 0 radical (unpaired) electrons. The van der Waals surface area contributed by atoms with Crippen LogP contribution in [0.1, 0.15) is 11.1 Å². The average Bonchev–Trinajstić information content (AvgIpc) is 2.79. The van der Waals surface area contributed by atoms with E-state index in [2.05, 4.69) is 10.6 Å². The lowest BCUT2D eigenvalue weighted by Crippen LogP contribution is -2.32. The highest BCUT2D eigenvalue weighted by atomic mass is 35.5. The van der Waals surface area contributed by atoms with Gasteiger partial charge in [0.05, 0.1) is 6.42 Å². The fourth-order valence-corrected chi connectivity index (χ4v) is 3.27. The molecule has 0 aromatic heterocycles. The van der Waals surface area contributed by atoms with E-state index in [1.165, 1.54) is 12.1 Å². The van der Waals surface area contributed by atoms with Crippen LogP contribution in [-0.4, -0.2) is 41.9 Å². The number of halogens is 1. The number of carbonyl (C=O) groups is 1. The average molecular weight is 455 g/mol. The van der Waals surface area contributed by atoms with E-state index in [1.807, 2.05) is 42.5 Å². The van der Waals surface area contributed by atoms with Gasteiger partial charge in [-0.2, -0.15) is 0 Å². The molecule has 32 heavy (non-hydrogen) atoms. The van der Waals surface area contributed by atoms with Crippen LogP contribution >= 0.6 is 11.6 Å². The van der Waals surface area contributed by atoms with Crippen LogP contribution in [-0.2, 0) is 17.6 Å². The number of aromatic hydroxyl groups is 1. The van der Waals surface area contributed by atoms with E-state index >= 15 is 0 Å². The summed E-state index contributed by atoms with van der Waals surface area (Å²) in [5.74, 6) is 0.656. The number of anilines is 1. The molecule has 0 aliphatic carbocycles. The molecule has 1 amide bonds. The lowest BCUT2D eigenvalue weighted by atomic mass is 10.1. The third-order valence-electron chi connectivity index (χ3n) is 4.80. The van der Waals surface area contributed by atoms with Gasteiger partial charge in [-0.3, -0.25) is 4.79 Å². The summed E-state index contributed by atoms with van der Waals surface area (Å²) in [5.41, 5.74) is 2.65. The molecule has 0 bridgehead atoms. The molecule has 168 valence electrons. The summed E-state index contributed by atoms with van der Waals surface area (Å²) >= 11 is 6.11. The predicted octanol–water partition coefficient (Wildman–Crippen LogP) is 3.80. The Morgan fingerprint density at radius 1 is 1.00 bits per heavy atom. The molecule has 4 N–H and O–H groups in total. The largest absolute Gasteiger partial charge is 0.508 e. The molecule has 3 aromatic carbocycles. The summed E-state index contributed by atoms with van der Waals surface area (Å²) in [6.45, 7) is 1.28. The lowest BCUT2D eigenvalue weighted by Gasteiger charge is -2.13. The number of aliphatic hydroxyl groups is 1. The van der Waals surface area contributed by atoms with Crippen molar-refractivity contribution in [2.45, 2.75) is 18.9 Å². The lowest BCUT2D eigenvalue weighted by molar-refractivity contribution is -0.115. The number of aliphatic hydroxyl groups excluding tert-OH is 1. The fourth-order valence-electron chi connectivity index (χ4n) is 3.07. The minimum absolute atomic E-state index is 0.115. The Morgan fingerprint density at radius 2 is 1.72 bits per heavy atom. The standard InChI is InChI=1S/C25H27ClN2O4/c26-24-4-2-1-3-19(24)15-25(31)28-20-7-5-18(6-8-20)13-14-27-16-22(30)17-32-23-11-9-21(29)10-12-23/h1-12,22,27,29-30H,13-17H2,(H,28,31)/t22-/m0/s1. The minimum atomic E-state index is -0.639. The van der Waals surface area contributed by atoms with Gasteiger partial charge in [0, 0.05) is 17.3 Å². The van der Waals surface area contributed by atoms with Crippen molar-refractivity contribution in [3.05, 3.63) is 88.9 Å². The number of rotatable bonds is 11. The van der Waals surface area contributed by atoms with E-state index in [0.29, 0.717) is 23.9 Å². The van der Waals surface area contributed by atoms with E-state index in [4.69, 9.17) is 16.3 Å². The normalized spacial score (nSPS) is 11.7. The smallest absolute Gasteiger partial charge is 0.228 e. The van der Waals surface area contributed by atoms with Gasteiger partial charge in [0.15, 0.2) is 0 Å². The second kappa shape index (κ2) is 12.1. The molecule has 0 aliphatic heterocycles. The third-order valence-corrected chi connectivity index (χ3v) is 5.16. The van der Waals surface area contributed by atoms with Crippen LogP contribution in [0.15, 0.2) is 72.8 Å². The maximum Gasteiger partial charge on any atom is 0.228 e. The summed E-state index contributed by atoms with van der Waals surface area (Å²) in [4.78, 5) is 12.2. The summed E-state index contributed by atoms with van der Waals surface area (Å²) in [7, 11) is 0. The van der Waals surface area contributed by atoms with Gasteiger partial charge in [-0.15, -0.1) is 0 Å². The van der Waals surface area contributed by atoms with Crippen molar-refractivity contribution >= 4 is 23.2 Å². The Kier molecular flexibility index (Phi) is 8.92. The van der Waals surface area contributed by atoms with Gasteiger partial charge in [-0.1, -0.05) is 41.9 Å². The van der Waals surface area contributed by atoms with Crippen molar-refractivity contribution in [2.24, 2.45) is 0 Å². The number of hydrogen-bond donors (Lipinski definition) is 4. The number of ether oxygens (including phenoxy) is 1. The summed E-state index contributed by atoms with van der Waals surface area (Å²) in [6.07, 6.45) is 0.378. The molecule has 3 rings (SSSR count). The molecule has 0 saturated carbocycles. The van der Waals surface area contributed by atoms with Crippen LogP contribution in [0.2, 0.25) is 5.02 Å². The highest BCUT2D eigenvalue weighted by Gasteiger charge is 2.08. The maximum atomic E-state index is 12.2. The number of carbonyl (C=O) groups excluding carboxylic acids is 1. The van der Waals surface area contributed by atoms with Crippen molar-refractivity contribution in [1.29, 1.82) is 0 Å². The molecule has 1 atom stereocenters. The molecule has 0 saturated heterocycles. The van der Waals surface area contributed by atoms with E-state index in [9.17, 15) is 15.0 Å². The van der Waals surface area contributed by atoms with Crippen molar-refractivity contribution in [3.63, 3.8) is 0 Å². The number of phenolic OH excluding ortho intramolecular Hbond substituents is 1. The Hall–Kier alpha value is -3.06. The molecule has 0 heterocycles. The van der Waals surface area contributed by atoms with Gasteiger partial charge in [-0.05, 0) is 66.6 Å². The molecule has 3 aromatic rings. The first-order valence-corrected chi connectivity index (χ1v) is 10.8. The van der Waals surface area contributed by atoms with Gasteiger partial charge >= 0.3 is 0 Å². The molecule has 0 aliphatic rings. The van der Waals surface area contributed by atoms with E-state index in [0.717, 1.165) is 23.2 Å². The molecule has 0 spiro atoms. The first-order valence-electron chi connectivity index (χ1n) is 10.4. The fraction of sp³-hybridized carbons (Fsp3) is 0.240. The van der Waals surface area contributed by atoms with Crippen molar-refractivity contribution in [1.82, 2.24) is 5.32 Å². The second-order valence-electron chi connectivity index (χ2n) is 7.43. The number of nitrogens with one attached hydrogen (secondary N) is 2. The van der Waals surface area contributed by atoms with Crippen molar-refractivity contribution in [3.8, 4) is 11.5 Å². The van der Waals surface area contributed by atoms with Crippen LogP contribution in [0.5, 0.6) is 11.5 Å². The molecule has 6 nitrogen and oxygen atoms in total. The van der Waals surface area contributed by atoms with Crippen LogP contribution in [0.25, 0.3) is 0 Å². The molecular formula is C25H27ClN2O4. The minimum Gasteiger partial charge on any atom is -0.508 e. The summed E-state index contributed by atoms with van der Waals surface area (Å²) in [6, 6.07) is 21.4. The monoisotopic (exact) mass is 454 g/mol. The molecular weight excluding hydrogens is 428 g/mol. The summed E-state index contributed by atoms with van der Waals surface area (Å²) < 4.78 is 5.48. The zero-order chi connectivity index (χ0) is 22.8. The molecule has 0 fully saturated rings. The number of benzene rings is 3. The zero-order valence-corrected chi connectivity index (χ0v) is 18.4. The van der Waals surface area contributed by atoms with Gasteiger partial charge in [0.25, 0.3) is 0 Å². The first kappa shape index (κ1) is 23.6. The number of hydrogen-bond acceptors (Lipinski definition) is 5. The van der Waals surface area contributed by atoms with Gasteiger partial charge < -0.3 is 25.6 Å². The maximum absolute atomic E-state index is 12.2. The second-order valence-corrected chi connectivity index (χ2v) is 7.83. The number of amides is 1. The molecule has 7 heteroatoms. The number of phenols is 1. The van der Waals surface area contributed by atoms with Crippen LogP contribution in [0, 0.1) is 0 Å². The SMILES string of the molecule is O=C(Cc1ccccc1Cl)Nc1ccc(CCNC[C@H](O)COc2ccc(O)cc2)cc1. The molecule has 0 unspecified atom stereocenters.